The van der Waals surface area contributed by atoms with Gasteiger partial charge in [-0.1, -0.05) is 66.2 Å². The summed E-state index contributed by atoms with van der Waals surface area (Å²) in [5.74, 6) is -1.30. The predicted molar refractivity (Wildman–Crippen MR) is 118 cm³/mol. The van der Waals surface area contributed by atoms with Crippen LogP contribution < -0.4 is 0 Å². The number of hydrogen-bond acceptors (Lipinski definition) is 4. The number of allylic oxidation sites excluding steroid dienone is 1. The van der Waals surface area contributed by atoms with Gasteiger partial charge in [-0.2, -0.15) is 0 Å². The summed E-state index contributed by atoms with van der Waals surface area (Å²) in [7, 11) is 0. The monoisotopic (exact) mass is 419 g/mol. The number of carboxylic acids is 1. The van der Waals surface area contributed by atoms with Crippen molar-refractivity contribution < 1.29 is 24.5 Å². The third kappa shape index (κ3) is 6.25. The number of carbonyl (C=O) groups is 2. The average Bonchev–Trinajstić information content (AvgIpc) is 3.23. The van der Waals surface area contributed by atoms with Crippen molar-refractivity contribution in [2.75, 3.05) is 6.61 Å². The third-order valence-electron chi connectivity index (χ3n) is 4.80. The average molecular weight is 419 g/mol. The first-order valence-corrected chi connectivity index (χ1v) is 9.94. The molecule has 0 bridgehead atoms. The molecule has 31 heavy (non-hydrogen) atoms. The minimum Gasteiger partial charge on any atom is -0.479 e. The summed E-state index contributed by atoms with van der Waals surface area (Å²) in [4.78, 5) is 23.3. The molecule has 1 atom stereocenters. The maximum absolute atomic E-state index is 12.8. The van der Waals surface area contributed by atoms with Crippen LogP contribution in [-0.4, -0.2) is 39.2 Å². The molecule has 160 valence electrons. The Morgan fingerprint density at radius 1 is 1.06 bits per heavy atom. The smallest absolute Gasteiger partial charge is 0.334 e. The number of carbonyl (C=O) groups excluding carboxylic acids is 1. The van der Waals surface area contributed by atoms with Gasteiger partial charge in [-0.25, -0.2) is 4.79 Å². The number of aliphatic hydroxyl groups is 1. The molecule has 6 heteroatoms. The lowest BCUT2D eigenvalue weighted by Crippen LogP contribution is -2.25. The highest BCUT2D eigenvalue weighted by Crippen LogP contribution is 2.13. The van der Waals surface area contributed by atoms with Crippen molar-refractivity contribution in [2.24, 2.45) is 0 Å². The van der Waals surface area contributed by atoms with Gasteiger partial charge in [-0.05, 0) is 30.2 Å². The number of hydrogen-bond donors (Lipinski definition) is 2. The molecule has 0 radical (unpaired) electrons. The summed E-state index contributed by atoms with van der Waals surface area (Å²) in [6, 6.07) is 18.9. The molecule has 2 N–H and O–H groups in total. The van der Waals surface area contributed by atoms with Crippen molar-refractivity contribution in [2.45, 2.75) is 26.2 Å². The summed E-state index contributed by atoms with van der Waals surface area (Å²) in [6.07, 6.45) is 4.33. The van der Waals surface area contributed by atoms with Gasteiger partial charge in [0.25, 0.3) is 0 Å². The van der Waals surface area contributed by atoms with E-state index in [1.165, 1.54) is 0 Å². The van der Waals surface area contributed by atoms with Crippen LogP contribution in [0.15, 0.2) is 72.9 Å². The van der Waals surface area contributed by atoms with E-state index in [0.717, 1.165) is 16.7 Å². The molecule has 1 aromatic heterocycles. The predicted octanol–water partition coefficient (Wildman–Crippen LogP) is 3.70. The quantitative estimate of drug-likeness (QED) is 0.489. The first kappa shape index (κ1) is 22.2. The number of benzene rings is 2. The van der Waals surface area contributed by atoms with Gasteiger partial charge < -0.3 is 19.5 Å². The number of aliphatic carboxylic acids is 1. The van der Waals surface area contributed by atoms with Crippen LogP contribution in [0, 0.1) is 6.92 Å². The Hall–Kier alpha value is -3.48. The molecule has 0 fully saturated rings. The number of ketones is 1. The topological polar surface area (TPSA) is 88.8 Å². The van der Waals surface area contributed by atoms with E-state index in [2.05, 4.69) is 0 Å². The summed E-state index contributed by atoms with van der Waals surface area (Å²) < 4.78 is 7.12. The second-order valence-electron chi connectivity index (χ2n) is 7.25. The fraction of sp³-hybridized carbons (Fsp3) is 0.200. The molecule has 0 aliphatic carbocycles. The van der Waals surface area contributed by atoms with Crippen LogP contribution in [0.3, 0.4) is 0 Å². The summed E-state index contributed by atoms with van der Waals surface area (Å²) in [5.41, 5.74) is 4.30. The van der Waals surface area contributed by atoms with Gasteiger partial charge in [0, 0.05) is 18.3 Å². The van der Waals surface area contributed by atoms with E-state index in [4.69, 9.17) is 9.84 Å². The summed E-state index contributed by atoms with van der Waals surface area (Å²) in [5, 5.41) is 17.8. The van der Waals surface area contributed by atoms with Gasteiger partial charge in [0.2, 0.25) is 5.78 Å². The lowest BCUT2D eigenvalue weighted by atomic mass is 10.1. The number of aliphatic hydroxyl groups excluding tert-OH is 1. The zero-order chi connectivity index (χ0) is 22.2. The van der Waals surface area contributed by atoms with Crippen molar-refractivity contribution in [3.63, 3.8) is 0 Å². The summed E-state index contributed by atoms with van der Waals surface area (Å²) >= 11 is 0. The van der Waals surface area contributed by atoms with Gasteiger partial charge in [0.1, 0.15) is 0 Å². The summed E-state index contributed by atoms with van der Waals surface area (Å²) in [6.45, 7) is 2.53. The van der Waals surface area contributed by atoms with Crippen molar-refractivity contribution in [1.82, 2.24) is 4.57 Å². The molecule has 0 saturated carbocycles. The number of aromatic nitrogens is 1. The Morgan fingerprint density at radius 3 is 2.45 bits per heavy atom. The molecule has 0 saturated heterocycles. The molecule has 2 aromatic carbocycles. The van der Waals surface area contributed by atoms with E-state index in [1.54, 1.807) is 0 Å². The Labute approximate surface area is 181 Å². The van der Waals surface area contributed by atoms with Crippen molar-refractivity contribution in [3.05, 3.63) is 101 Å². The highest BCUT2D eigenvalue weighted by Gasteiger charge is 2.13. The Bertz CT molecular complexity index is 1050. The third-order valence-corrected chi connectivity index (χ3v) is 4.80. The molecule has 0 spiro atoms. The van der Waals surface area contributed by atoms with Gasteiger partial charge in [-0.3, -0.25) is 4.79 Å². The van der Waals surface area contributed by atoms with E-state index in [9.17, 15) is 14.7 Å². The van der Waals surface area contributed by atoms with Gasteiger partial charge in [0.05, 0.1) is 18.9 Å². The minimum atomic E-state index is -1.52. The van der Waals surface area contributed by atoms with E-state index in [0.29, 0.717) is 17.8 Å². The molecule has 0 unspecified atom stereocenters. The second kappa shape index (κ2) is 10.5. The highest BCUT2D eigenvalue weighted by atomic mass is 16.5. The van der Waals surface area contributed by atoms with Crippen LogP contribution in [0.1, 0.15) is 32.7 Å². The van der Waals surface area contributed by atoms with Crippen LogP contribution in [0.2, 0.25) is 0 Å². The van der Waals surface area contributed by atoms with E-state index in [-0.39, 0.29) is 19.0 Å². The van der Waals surface area contributed by atoms with Crippen molar-refractivity contribution >= 4 is 17.8 Å². The van der Waals surface area contributed by atoms with Crippen LogP contribution in [0.4, 0.5) is 0 Å². The Morgan fingerprint density at radius 2 is 1.77 bits per heavy atom. The zero-order valence-electron chi connectivity index (χ0n) is 17.3. The van der Waals surface area contributed by atoms with Crippen molar-refractivity contribution in [3.8, 4) is 0 Å². The molecule has 3 aromatic rings. The molecular weight excluding hydrogens is 394 g/mol. The Kier molecular flexibility index (Phi) is 7.54. The standard InChI is InChI=1S/C25H25NO5/c1-18-6-12-21(13-7-18)24(28)22-5-3-15-26(22)14-2-4-19-8-10-20(11-9-19)16-31-17-23(27)25(29)30/h2-13,15,23,27H,14,16-17H2,1H3,(H,29,30)/t23-/m1/s1. The normalized spacial score (nSPS) is 12.2. The van der Waals surface area contributed by atoms with E-state index in [1.807, 2.05) is 90.5 Å². The molecule has 6 nitrogen and oxygen atoms in total. The largest absolute Gasteiger partial charge is 0.479 e. The Balaban J connectivity index is 1.55. The van der Waals surface area contributed by atoms with Crippen LogP contribution in [0.5, 0.6) is 0 Å². The van der Waals surface area contributed by atoms with Gasteiger partial charge in [-0.15, -0.1) is 0 Å². The minimum absolute atomic E-state index is 0.00392. The number of ether oxygens (including phenoxy) is 1. The molecule has 1 heterocycles. The van der Waals surface area contributed by atoms with E-state index < -0.39 is 12.1 Å². The highest BCUT2D eigenvalue weighted by molar-refractivity contribution is 6.08. The number of carboxylic acid groups (broad SMARTS) is 1. The molecule has 0 amide bonds. The number of aryl methyl sites for hydroxylation is 1. The van der Waals surface area contributed by atoms with Crippen molar-refractivity contribution in [1.29, 1.82) is 0 Å². The number of rotatable bonds is 10. The van der Waals surface area contributed by atoms with E-state index >= 15 is 0 Å². The lowest BCUT2D eigenvalue weighted by Gasteiger charge is -2.07. The fourth-order valence-corrected chi connectivity index (χ4v) is 3.02. The van der Waals surface area contributed by atoms with Gasteiger partial charge >= 0.3 is 5.97 Å². The van der Waals surface area contributed by atoms with Gasteiger partial charge in [0.15, 0.2) is 6.10 Å². The SMILES string of the molecule is Cc1ccc(C(=O)c2cccn2CC=Cc2ccc(COC[C@@H](O)C(=O)O)cc2)cc1. The maximum atomic E-state index is 12.8. The second-order valence-corrected chi connectivity index (χ2v) is 7.25. The molecule has 3 rings (SSSR count). The maximum Gasteiger partial charge on any atom is 0.334 e. The molecule has 0 aliphatic rings. The molecular formula is C25H25NO5. The first-order valence-electron chi connectivity index (χ1n) is 9.94. The first-order chi connectivity index (χ1) is 14.9. The van der Waals surface area contributed by atoms with Crippen LogP contribution in [-0.2, 0) is 22.7 Å². The molecule has 0 aliphatic heterocycles. The lowest BCUT2D eigenvalue weighted by molar-refractivity contribution is -0.150. The zero-order valence-corrected chi connectivity index (χ0v) is 17.3. The van der Waals surface area contributed by atoms with Crippen LogP contribution >= 0.6 is 0 Å². The number of nitrogens with zero attached hydrogens (tertiary/aromatic N) is 1. The van der Waals surface area contributed by atoms with Crippen LogP contribution in [0.25, 0.3) is 6.08 Å². The fourth-order valence-electron chi connectivity index (χ4n) is 3.02.